The van der Waals surface area contributed by atoms with E-state index in [-0.39, 0.29) is 17.9 Å². The predicted molar refractivity (Wildman–Crippen MR) is 91.2 cm³/mol. The molecule has 2 aliphatic heterocycles. The van der Waals surface area contributed by atoms with Crippen molar-refractivity contribution in [2.75, 3.05) is 26.3 Å². The summed E-state index contributed by atoms with van der Waals surface area (Å²) >= 11 is 0. The molecule has 1 spiro atoms. The van der Waals surface area contributed by atoms with Gasteiger partial charge in [0.1, 0.15) is 0 Å². The normalized spacial score (nSPS) is 20.5. The lowest BCUT2D eigenvalue weighted by Gasteiger charge is -2.37. The number of nitrogens with zero attached hydrogens (tertiary/aromatic N) is 2. The Kier molecular flexibility index (Phi) is 5.34. The van der Waals surface area contributed by atoms with Crippen molar-refractivity contribution in [3.63, 3.8) is 0 Å². The summed E-state index contributed by atoms with van der Waals surface area (Å²) in [5.41, 5.74) is 0.836. The van der Waals surface area contributed by atoms with Gasteiger partial charge in [-0.2, -0.15) is 0 Å². The van der Waals surface area contributed by atoms with Crippen LogP contribution in [0, 0.1) is 0 Å². The highest BCUT2D eigenvalue weighted by Gasteiger charge is 2.40. The van der Waals surface area contributed by atoms with Gasteiger partial charge < -0.3 is 19.7 Å². The lowest BCUT2D eigenvalue weighted by atomic mass is 10.0. The number of pyridine rings is 1. The molecule has 1 atom stereocenters. The minimum Gasteiger partial charge on any atom is -0.350 e. The molecule has 1 unspecified atom stereocenters. The number of amides is 2. The topological polar surface area (TPSA) is 80.8 Å². The molecule has 0 aromatic carbocycles. The summed E-state index contributed by atoms with van der Waals surface area (Å²) in [5, 5.41) is 2.89. The number of hydrogen-bond acceptors (Lipinski definition) is 5. The summed E-state index contributed by atoms with van der Waals surface area (Å²) < 4.78 is 11.4. The SMILES string of the molecule is CCC(C)NC(=O)c1cncc(C(=O)N2CCC3(CC2)OCCO3)c1. The zero-order valence-electron chi connectivity index (χ0n) is 14.8. The van der Waals surface area contributed by atoms with Gasteiger partial charge in [0.2, 0.25) is 0 Å². The molecule has 2 fully saturated rings. The number of carbonyl (C=O) groups excluding carboxylic acids is 2. The molecule has 7 nitrogen and oxygen atoms in total. The maximum atomic E-state index is 12.7. The van der Waals surface area contributed by atoms with Gasteiger partial charge in [-0.25, -0.2) is 0 Å². The number of nitrogens with one attached hydrogen (secondary N) is 1. The first kappa shape index (κ1) is 17.8. The van der Waals surface area contributed by atoms with Crippen molar-refractivity contribution < 1.29 is 19.1 Å². The second kappa shape index (κ2) is 7.49. The van der Waals surface area contributed by atoms with Crippen molar-refractivity contribution in [1.82, 2.24) is 15.2 Å². The Morgan fingerprint density at radius 2 is 1.88 bits per heavy atom. The van der Waals surface area contributed by atoms with Gasteiger partial charge >= 0.3 is 0 Å². The van der Waals surface area contributed by atoms with Crippen LogP contribution < -0.4 is 5.32 Å². The molecule has 1 N–H and O–H groups in total. The first-order chi connectivity index (χ1) is 12.0. The van der Waals surface area contributed by atoms with Gasteiger partial charge in [-0.15, -0.1) is 0 Å². The van der Waals surface area contributed by atoms with E-state index in [4.69, 9.17) is 9.47 Å². The fraction of sp³-hybridized carbons (Fsp3) is 0.611. The summed E-state index contributed by atoms with van der Waals surface area (Å²) in [6, 6.07) is 1.69. The number of ether oxygens (including phenoxy) is 2. The minimum absolute atomic E-state index is 0.0801. The molecular formula is C18H25N3O4. The fourth-order valence-electron chi connectivity index (χ4n) is 3.11. The minimum atomic E-state index is -0.507. The highest BCUT2D eigenvalue weighted by Crippen LogP contribution is 2.31. The van der Waals surface area contributed by atoms with Crippen LogP contribution in [0.1, 0.15) is 53.8 Å². The van der Waals surface area contributed by atoms with Crippen LogP contribution in [-0.4, -0.2) is 59.8 Å². The lowest BCUT2D eigenvalue weighted by molar-refractivity contribution is -0.181. The average molecular weight is 347 g/mol. The van der Waals surface area contributed by atoms with Crippen LogP contribution in [0.15, 0.2) is 18.5 Å². The van der Waals surface area contributed by atoms with E-state index in [1.807, 2.05) is 13.8 Å². The Balaban J connectivity index is 1.64. The Hall–Kier alpha value is -1.99. The number of likely N-dealkylation sites (tertiary alicyclic amines) is 1. The van der Waals surface area contributed by atoms with Crippen molar-refractivity contribution >= 4 is 11.8 Å². The van der Waals surface area contributed by atoms with Crippen LogP contribution in [-0.2, 0) is 9.47 Å². The molecule has 2 aliphatic rings. The zero-order chi connectivity index (χ0) is 17.9. The van der Waals surface area contributed by atoms with Crippen LogP contribution >= 0.6 is 0 Å². The Morgan fingerprint density at radius 1 is 1.24 bits per heavy atom. The third-order valence-electron chi connectivity index (χ3n) is 4.86. The zero-order valence-corrected chi connectivity index (χ0v) is 14.8. The molecule has 0 saturated carbocycles. The van der Waals surface area contributed by atoms with Crippen molar-refractivity contribution in [3.8, 4) is 0 Å². The number of rotatable bonds is 4. The maximum Gasteiger partial charge on any atom is 0.255 e. The Labute approximate surface area is 147 Å². The molecule has 2 amide bonds. The van der Waals surface area contributed by atoms with E-state index < -0.39 is 5.79 Å². The number of piperidine rings is 1. The molecule has 1 aromatic rings. The van der Waals surface area contributed by atoms with E-state index in [0.29, 0.717) is 50.3 Å². The maximum absolute atomic E-state index is 12.7. The highest BCUT2D eigenvalue weighted by atomic mass is 16.7. The van der Waals surface area contributed by atoms with Gasteiger partial charge in [-0.3, -0.25) is 14.6 Å². The summed E-state index contributed by atoms with van der Waals surface area (Å²) in [4.78, 5) is 30.8. The number of aromatic nitrogens is 1. The predicted octanol–water partition coefficient (Wildman–Crippen LogP) is 1.59. The largest absolute Gasteiger partial charge is 0.350 e. The molecule has 25 heavy (non-hydrogen) atoms. The van der Waals surface area contributed by atoms with E-state index in [9.17, 15) is 9.59 Å². The van der Waals surface area contributed by atoms with Crippen LogP contribution in [0.3, 0.4) is 0 Å². The first-order valence-corrected chi connectivity index (χ1v) is 8.86. The highest BCUT2D eigenvalue weighted by molar-refractivity contribution is 5.99. The third-order valence-corrected chi connectivity index (χ3v) is 4.86. The van der Waals surface area contributed by atoms with E-state index in [1.54, 1.807) is 11.0 Å². The smallest absolute Gasteiger partial charge is 0.255 e. The van der Waals surface area contributed by atoms with Crippen LogP contribution in [0.25, 0.3) is 0 Å². The summed E-state index contributed by atoms with van der Waals surface area (Å²) in [6.07, 6.45) is 5.17. The van der Waals surface area contributed by atoms with Crippen LogP contribution in [0.4, 0.5) is 0 Å². The van der Waals surface area contributed by atoms with Crippen molar-refractivity contribution in [3.05, 3.63) is 29.6 Å². The molecular weight excluding hydrogens is 322 g/mol. The van der Waals surface area contributed by atoms with Gasteiger partial charge in [0.25, 0.3) is 11.8 Å². The molecule has 7 heteroatoms. The molecule has 1 aromatic heterocycles. The van der Waals surface area contributed by atoms with Gasteiger partial charge in [-0.1, -0.05) is 6.92 Å². The van der Waals surface area contributed by atoms with Gasteiger partial charge in [-0.05, 0) is 19.4 Å². The van der Waals surface area contributed by atoms with Crippen molar-refractivity contribution in [2.24, 2.45) is 0 Å². The van der Waals surface area contributed by atoms with Gasteiger partial charge in [0, 0.05) is 44.4 Å². The van der Waals surface area contributed by atoms with E-state index >= 15 is 0 Å². The number of hydrogen-bond donors (Lipinski definition) is 1. The third kappa shape index (κ3) is 3.99. The molecule has 3 rings (SSSR count). The summed E-state index contributed by atoms with van der Waals surface area (Å²) in [5.74, 6) is -0.826. The van der Waals surface area contributed by atoms with Crippen LogP contribution in [0.2, 0.25) is 0 Å². The summed E-state index contributed by atoms with van der Waals surface area (Å²) in [7, 11) is 0. The molecule has 2 saturated heterocycles. The first-order valence-electron chi connectivity index (χ1n) is 8.86. The standard InChI is InChI=1S/C18H25N3O4/c1-3-13(2)20-16(22)14-10-15(12-19-11-14)17(23)21-6-4-18(5-7-21)24-8-9-25-18/h10-13H,3-9H2,1-2H3,(H,20,22). The Morgan fingerprint density at radius 3 is 2.52 bits per heavy atom. The van der Waals surface area contributed by atoms with Crippen molar-refractivity contribution in [1.29, 1.82) is 0 Å². The van der Waals surface area contributed by atoms with Gasteiger partial charge in [0.15, 0.2) is 5.79 Å². The van der Waals surface area contributed by atoms with E-state index in [1.165, 1.54) is 12.4 Å². The lowest BCUT2D eigenvalue weighted by Crippen LogP contribution is -2.47. The van der Waals surface area contributed by atoms with E-state index in [0.717, 1.165) is 6.42 Å². The fourth-order valence-corrected chi connectivity index (χ4v) is 3.11. The second-order valence-electron chi connectivity index (χ2n) is 6.64. The molecule has 0 bridgehead atoms. The summed E-state index contributed by atoms with van der Waals surface area (Å²) in [6.45, 7) is 6.32. The molecule has 136 valence electrons. The molecule has 0 radical (unpaired) electrons. The van der Waals surface area contributed by atoms with Gasteiger partial charge in [0.05, 0.1) is 24.3 Å². The second-order valence-corrected chi connectivity index (χ2v) is 6.64. The monoisotopic (exact) mass is 347 g/mol. The molecule has 3 heterocycles. The van der Waals surface area contributed by atoms with Crippen molar-refractivity contribution in [2.45, 2.75) is 44.9 Å². The Bertz CT molecular complexity index is 633. The van der Waals surface area contributed by atoms with E-state index in [2.05, 4.69) is 10.3 Å². The quantitative estimate of drug-likeness (QED) is 0.894. The molecule has 0 aliphatic carbocycles. The van der Waals surface area contributed by atoms with Crippen LogP contribution in [0.5, 0.6) is 0 Å². The number of carbonyl (C=O) groups is 2. The average Bonchev–Trinajstić information content (AvgIpc) is 3.09.